The van der Waals surface area contributed by atoms with E-state index in [9.17, 15) is 0 Å². The van der Waals surface area contributed by atoms with Gasteiger partial charge in [0.25, 0.3) is 0 Å². The molecule has 0 aromatic heterocycles. The van der Waals surface area contributed by atoms with Crippen LogP contribution in [-0.2, 0) is 23.2 Å². The van der Waals surface area contributed by atoms with Gasteiger partial charge in [-0.15, -0.1) is 0 Å². The van der Waals surface area contributed by atoms with E-state index < -0.39 is 23.2 Å². The van der Waals surface area contributed by atoms with Crippen LogP contribution in [0, 0.1) is 7.14 Å². The van der Waals surface area contributed by atoms with Crippen LogP contribution in [-0.4, -0.2) is 0 Å². The molecule has 2 aliphatic carbocycles. The molecule has 4 aromatic carbocycles. The van der Waals surface area contributed by atoms with Crippen molar-refractivity contribution in [2.75, 3.05) is 0 Å². The van der Waals surface area contributed by atoms with Gasteiger partial charge in [-0.3, -0.25) is 0 Å². The quantitative estimate of drug-likeness (QED) is 0.287. The van der Waals surface area contributed by atoms with E-state index in [0.29, 0.717) is 11.8 Å². The Morgan fingerprint density at radius 2 is 1.33 bits per heavy atom. The first-order valence-electron chi connectivity index (χ1n) is 11.3. The molecule has 4 aromatic rings. The second-order valence-electron chi connectivity index (χ2n) is 8.89. The summed E-state index contributed by atoms with van der Waals surface area (Å²) in [5.41, 5.74) is 8.85. The minimum atomic E-state index is -1.04. The number of hydrogen-bond acceptors (Lipinski definition) is 1. The fourth-order valence-corrected chi connectivity index (χ4v) is 12.3. The number of allylic oxidation sites excluding steroid dienone is 2. The van der Waals surface area contributed by atoms with Crippen molar-refractivity contribution in [3.8, 4) is 0 Å². The molecular formula is C30H18Cl2I2SZr. The van der Waals surface area contributed by atoms with Gasteiger partial charge in [0, 0.05) is 0 Å². The maximum atomic E-state index is 2.59. The molecule has 0 spiro atoms. The van der Waals surface area contributed by atoms with Gasteiger partial charge in [-0.2, -0.15) is 0 Å². The van der Waals surface area contributed by atoms with Gasteiger partial charge in [0.1, 0.15) is 0 Å². The second-order valence-corrected chi connectivity index (χ2v) is 15.8. The summed E-state index contributed by atoms with van der Waals surface area (Å²) >= 11 is 5.98. The van der Waals surface area contributed by atoms with Crippen LogP contribution in [0.15, 0.2) is 101 Å². The normalized spacial score (nSPS) is 17.9. The molecule has 0 saturated heterocycles. The Labute approximate surface area is 267 Å². The summed E-state index contributed by atoms with van der Waals surface area (Å²) in [6.07, 6.45) is 5.13. The van der Waals surface area contributed by atoms with Gasteiger partial charge in [0.2, 0.25) is 0 Å². The van der Waals surface area contributed by atoms with Crippen molar-refractivity contribution in [3.05, 3.63) is 132 Å². The van der Waals surface area contributed by atoms with Crippen molar-refractivity contribution in [1.29, 1.82) is 0 Å². The van der Waals surface area contributed by atoms with E-state index in [1.165, 1.54) is 44.7 Å². The molecule has 6 bridgehead atoms. The number of fused-ring (bicyclic) bond motifs is 4. The van der Waals surface area contributed by atoms with Crippen molar-refractivity contribution < 1.29 is 48.0 Å². The van der Waals surface area contributed by atoms with E-state index in [-0.39, 0.29) is 24.8 Å². The number of benzene rings is 4. The zero-order chi connectivity index (χ0) is 22.8. The Morgan fingerprint density at radius 3 is 2.17 bits per heavy atom. The predicted molar refractivity (Wildman–Crippen MR) is 155 cm³/mol. The van der Waals surface area contributed by atoms with Crippen LogP contribution in [0.3, 0.4) is 0 Å². The second kappa shape index (κ2) is 11.0. The van der Waals surface area contributed by atoms with Gasteiger partial charge in [0.05, 0.1) is 0 Å². The van der Waals surface area contributed by atoms with Gasteiger partial charge >= 0.3 is 246 Å². The number of halogens is 4. The molecule has 3 aliphatic rings. The fraction of sp³-hybridized carbons (Fsp3) is 0.0667. The molecule has 2 unspecified atom stereocenters. The number of rotatable bonds is 3. The van der Waals surface area contributed by atoms with Crippen LogP contribution in [0.4, 0.5) is 0 Å². The van der Waals surface area contributed by atoms with Crippen LogP contribution in [0.1, 0.15) is 45.2 Å². The zero-order valence-electron chi connectivity index (χ0n) is 18.8. The number of hydrogen-bond donors (Lipinski definition) is 0. The monoisotopic (exact) mass is 824 g/mol. The molecule has 0 fully saturated rings. The third kappa shape index (κ3) is 4.56. The SMILES string of the molecule is Ic1cccc2c1C(c1ccccc1)[C]([Zr+2][C]1=Cc3c4ccc(I)c3C1c1cccc(c1)S4)=C2.[Cl-].[Cl-]. The molecule has 176 valence electrons. The Bertz CT molecular complexity index is 1550. The van der Waals surface area contributed by atoms with Gasteiger partial charge in [-0.25, -0.2) is 0 Å². The average molecular weight is 826 g/mol. The van der Waals surface area contributed by atoms with Crippen molar-refractivity contribution >= 4 is 69.1 Å². The van der Waals surface area contributed by atoms with Crippen molar-refractivity contribution in [2.24, 2.45) is 0 Å². The standard InChI is InChI=1S/C15H8IS.C15H10I.2ClH.Zr/c16-13-6-7-14-12-5-4-11(15(12)13)9-2-1-3-10(8-9)17-14;16-14-8-4-7-12-9-10-13(15(12)14)11-5-2-1-3-6-11;;;/h1-3,5-8,11H;1-9,13H;2*1H;/q;;;;+2/p-2. The van der Waals surface area contributed by atoms with E-state index in [2.05, 4.69) is 142 Å². The molecule has 36 heavy (non-hydrogen) atoms. The molecule has 0 nitrogen and oxygen atoms in total. The fourth-order valence-electron chi connectivity index (χ4n) is 5.51. The summed E-state index contributed by atoms with van der Waals surface area (Å²) in [5.74, 6) is 0.806. The zero-order valence-corrected chi connectivity index (χ0v) is 27.9. The Hall–Kier alpha value is -0.367. The molecule has 7 rings (SSSR count). The molecule has 0 N–H and O–H groups in total. The molecule has 2 atom stereocenters. The molecule has 0 radical (unpaired) electrons. The van der Waals surface area contributed by atoms with Crippen LogP contribution in [0.25, 0.3) is 12.2 Å². The maximum Gasteiger partial charge on any atom is -1.00 e. The van der Waals surface area contributed by atoms with Crippen molar-refractivity contribution in [3.63, 3.8) is 0 Å². The largest absolute Gasteiger partial charge is 1.00 e. The van der Waals surface area contributed by atoms with Gasteiger partial charge in [-0.05, 0) is 0 Å². The van der Waals surface area contributed by atoms with E-state index in [4.69, 9.17) is 0 Å². The topological polar surface area (TPSA) is 0 Å². The Morgan fingerprint density at radius 1 is 0.639 bits per heavy atom. The maximum absolute atomic E-state index is 2.59. The van der Waals surface area contributed by atoms with E-state index in [0.717, 1.165) is 0 Å². The summed E-state index contributed by atoms with van der Waals surface area (Å²) in [5, 5.41) is 0. The average Bonchev–Trinajstić information content (AvgIpc) is 3.42. The summed E-state index contributed by atoms with van der Waals surface area (Å²) in [6, 6.07) is 31.9. The predicted octanol–water partition coefficient (Wildman–Crippen LogP) is 3.12. The molecule has 1 heterocycles. The van der Waals surface area contributed by atoms with Gasteiger partial charge in [-0.1, -0.05) is 0 Å². The molecule has 0 saturated carbocycles. The van der Waals surface area contributed by atoms with Crippen LogP contribution < -0.4 is 24.8 Å². The van der Waals surface area contributed by atoms with Gasteiger partial charge < -0.3 is 24.8 Å². The first-order valence-corrected chi connectivity index (χ1v) is 16.7. The van der Waals surface area contributed by atoms with Crippen molar-refractivity contribution in [1.82, 2.24) is 0 Å². The van der Waals surface area contributed by atoms with Crippen LogP contribution in [0.2, 0.25) is 0 Å². The van der Waals surface area contributed by atoms with E-state index in [1.807, 2.05) is 11.8 Å². The van der Waals surface area contributed by atoms with E-state index >= 15 is 0 Å². The smallest absolute Gasteiger partial charge is 1.00 e. The molecule has 6 heteroatoms. The summed E-state index contributed by atoms with van der Waals surface area (Å²) < 4.78 is 6.16. The molecule has 0 amide bonds. The third-order valence-electron chi connectivity index (χ3n) is 6.93. The summed E-state index contributed by atoms with van der Waals surface area (Å²) in [7, 11) is 0. The first kappa shape index (κ1) is 27.2. The minimum Gasteiger partial charge on any atom is -1.00 e. The molecular weight excluding hydrogens is 808 g/mol. The van der Waals surface area contributed by atoms with Gasteiger partial charge in [0.15, 0.2) is 0 Å². The van der Waals surface area contributed by atoms with E-state index in [1.54, 1.807) is 12.1 Å². The minimum absolute atomic E-state index is 0. The Kier molecular flexibility index (Phi) is 8.33. The first-order chi connectivity index (χ1) is 16.7. The third-order valence-corrected chi connectivity index (χ3v) is 13.4. The van der Waals surface area contributed by atoms with Crippen LogP contribution in [0.5, 0.6) is 0 Å². The van der Waals surface area contributed by atoms with Crippen LogP contribution >= 0.6 is 56.9 Å². The summed E-state index contributed by atoms with van der Waals surface area (Å²) in [6.45, 7) is 0. The van der Waals surface area contributed by atoms with Crippen molar-refractivity contribution in [2.45, 2.75) is 21.6 Å². The summed E-state index contributed by atoms with van der Waals surface area (Å²) in [4.78, 5) is 2.77. The molecule has 1 aliphatic heterocycles. The Balaban J connectivity index is 0.00000133.